The van der Waals surface area contributed by atoms with Gasteiger partial charge in [0.05, 0.1) is 0 Å². The van der Waals surface area contributed by atoms with Gasteiger partial charge in [-0.3, -0.25) is 4.79 Å². The van der Waals surface area contributed by atoms with Crippen molar-refractivity contribution in [3.8, 4) is 0 Å². The van der Waals surface area contributed by atoms with Crippen LogP contribution in [0.15, 0.2) is 0 Å². The summed E-state index contributed by atoms with van der Waals surface area (Å²) in [5.41, 5.74) is 0. The Hall–Kier alpha value is -0.370. The Morgan fingerprint density at radius 1 is 1.25 bits per heavy atom. The highest BCUT2D eigenvalue weighted by Crippen LogP contribution is 2.29. The minimum atomic E-state index is 0.349. The quantitative estimate of drug-likeness (QED) is 0.733. The highest BCUT2D eigenvalue weighted by molar-refractivity contribution is 5.83. The van der Waals surface area contributed by atoms with Crippen LogP contribution in [0.25, 0.3) is 0 Å². The van der Waals surface area contributed by atoms with Gasteiger partial charge in [0.1, 0.15) is 5.78 Å². The van der Waals surface area contributed by atoms with E-state index in [2.05, 4.69) is 18.9 Å². The summed E-state index contributed by atoms with van der Waals surface area (Å²) in [5, 5.41) is 0. The van der Waals surface area contributed by atoms with Gasteiger partial charge in [0.15, 0.2) is 0 Å². The van der Waals surface area contributed by atoms with Crippen LogP contribution in [0.5, 0.6) is 0 Å². The van der Waals surface area contributed by atoms with Crippen LogP contribution in [-0.2, 0) is 4.79 Å². The molecule has 0 aromatic carbocycles. The molecule has 2 aliphatic carbocycles. The molecule has 2 fully saturated rings. The maximum atomic E-state index is 11.6. The minimum absolute atomic E-state index is 0.349. The average Bonchev–Trinajstić information content (AvgIpc) is 2.64. The molecule has 0 saturated heterocycles. The van der Waals surface area contributed by atoms with Crippen molar-refractivity contribution in [3.05, 3.63) is 0 Å². The van der Waals surface area contributed by atoms with Crippen molar-refractivity contribution in [2.75, 3.05) is 13.6 Å². The van der Waals surface area contributed by atoms with E-state index in [-0.39, 0.29) is 0 Å². The van der Waals surface area contributed by atoms with E-state index in [0.717, 1.165) is 37.8 Å². The van der Waals surface area contributed by atoms with Gasteiger partial charge in [0, 0.05) is 24.9 Å². The molecule has 0 bridgehead atoms. The van der Waals surface area contributed by atoms with Crippen LogP contribution >= 0.6 is 0 Å². The third kappa shape index (κ3) is 2.85. The molecule has 0 radical (unpaired) electrons. The molecule has 0 aliphatic heterocycles. The van der Waals surface area contributed by atoms with E-state index in [4.69, 9.17) is 0 Å². The van der Waals surface area contributed by atoms with E-state index < -0.39 is 0 Å². The molecule has 2 saturated carbocycles. The van der Waals surface area contributed by atoms with Gasteiger partial charge < -0.3 is 4.90 Å². The lowest BCUT2D eigenvalue weighted by Crippen LogP contribution is -2.39. The van der Waals surface area contributed by atoms with Crippen molar-refractivity contribution >= 4 is 5.78 Å². The number of rotatable bonds is 3. The zero-order chi connectivity index (χ0) is 11.5. The van der Waals surface area contributed by atoms with Crippen molar-refractivity contribution in [2.45, 2.75) is 57.9 Å². The fraction of sp³-hybridized carbons (Fsp3) is 0.929. The number of nitrogens with zero attached hydrogens (tertiary/aromatic N) is 1. The first-order chi connectivity index (χ1) is 7.66. The monoisotopic (exact) mass is 223 g/mol. The topological polar surface area (TPSA) is 20.3 Å². The van der Waals surface area contributed by atoms with Crippen LogP contribution in [0, 0.1) is 11.8 Å². The molecule has 3 unspecified atom stereocenters. The molecule has 2 aliphatic rings. The molecule has 2 nitrogen and oxygen atoms in total. The van der Waals surface area contributed by atoms with Crippen LogP contribution in [0.3, 0.4) is 0 Å². The summed E-state index contributed by atoms with van der Waals surface area (Å²) in [6, 6.07) is 0.733. The normalized spacial score (nSPS) is 35.9. The maximum Gasteiger partial charge on any atom is 0.137 e. The van der Waals surface area contributed by atoms with Crippen molar-refractivity contribution in [1.29, 1.82) is 0 Å². The Morgan fingerprint density at radius 2 is 2.06 bits per heavy atom. The van der Waals surface area contributed by atoms with Gasteiger partial charge in [0.2, 0.25) is 0 Å². The Bertz CT molecular complexity index is 251. The molecule has 2 rings (SSSR count). The van der Waals surface area contributed by atoms with E-state index in [0.29, 0.717) is 11.7 Å². The Kier molecular flexibility index (Phi) is 4.01. The molecule has 0 aromatic heterocycles. The highest BCUT2D eigenvalue weighted by Gasteiger charge is 2.29. The average molecular weight is 223 g/mol. The summed E-state index contributed by atoms with van der Waals surface area (Å²) < 4.78 is 0. The molecule has 0 heterocycles. The van der Waals surface area contributed by atoms with Crippen LogP contribution in [-0.4, -0.2) is 30.3 Å². The van der Waals surface area contributed by atoms with Gasteiger partial charge in [-0.15, -0.1) is 0 Å². The van der Waals surface area contributed by atoms with Crippen LogP contribution in [0.2, 0.25) is 0 Å². The number of hydrogen-bond donors (Lipinski definition) is 0. The van der Waals surface area contributed by atoms with E-state index in [9.17, 15) is 4.79 Å². The standard InChI is InChI=1S/C14H25NO/c1-11-5-3-7-13(9-11)15(2)10-12-6-4-8-14(12)16/h11-13H,3-10H2,1-2H3. The second-order valence-electron chi connectivity index (χ2n) is 5.92. The predicted molar refractivity (Wildman–Crippen MR) is 66.4 cm³/mol. The lowest BCUT2D eigenvalue weighted by Gasteiger charge is -2.35. The van der Waals surface area contributed by atoms with Gasteiger partial charge >= 0.3 is 0 Å². The summed E-state index contributed by atoms with van der Waals surface area (Å²) in [6.07, 6.45) is 8.52. The van der Waals surface area contributed by atoms with Crippen molar-refractivity contribution in [2.24, 2.45) is 11.8 Å². The fourth-order valence-electron chi connectivity index (χ4n) is 3.38. The SMILES string of the molecule is CC1CCCC(N(C)CC2CCCC2=O)C1. The first-order valence-electron chi connectivity index (χ1n) is 6.89. The molecular weight excluding hydrogens is 198 g/mol. The Morgan fingerprint density at radius 3 is 2.69 bits per heavy atom. The van der Waals surface area contributed by atoms with Crippen molar-refractivity contribution in [1.82, 2.24) is 4.90 Å². The molecule has 3 atom stereocenters. The first-order valence-corrected chi connectivity index (χ1v) is 6.89. The van der Waals surface area contributed by atoms with Crippen LogP contribution in [0.1, 0.15) is 51.9 Å². The zero-order valence-electron chi connectivity index (χ0n) is 10.7. The summed E-state index contributed by atoms with van der Waals surface area (Å²) in [6.45, 7) is 3.37. The largest absolute Gasteiger partial charge is 0.303 e. The maximum absolute atomic E-state index is 11.6. The molecule has 0 aromatic rings. The summed E-state index contributed by atoms with van der Waals surface area (Å²) in [5.74, 6) is 1.73. The molecular formula is C14H25NO. The fourth-order valence-corrected chi connectivity index (χ4v) is 3.38. The smallest absolute Gasteiger partial charge is 0.137 e. The van der Waals surface area contributed by atoms with E-state index in [1.54, 1.807) is 0 Å². The highest BCUT2D eigenvalue weighted by atomic mass is 16.1. The third-order valence-corrected chi connectivity index (χ3v) is 4.47. The van der Waals surface area contributed by atoms with Gasteiger partial charge in [-0.1, -0.05) is 19.8 Å². The van der Waals surface area contributed by atoms with Gasteiger partial charge in [-0.05, 0) is 38.6 Å². The summed E-state index contributed by atoms with van der Waals surface area (Å²) in [7, 11) is 2.22. The number of carbonyl (C=O) groups excluding carboxylic acids is 1. The van der Waals surface area contributed by atoms with Crippen molar-refractivity contribution < 1.29 is 4.79 Å². The molecule has 16 heavy (non-hydrogen) atoms. The number of Topliss-reactive ketones (excluding diaryl/α,β-unsaturated/α-hetero) is 1. The van der Waals surface area contributed by atoms with Crippen LogP contribution in [0.4, 0.5) is 0 Å². The number of ketones is 1. The zero-order valence-corrected chi connectivity index (χ0v) is 10.7. The molecule has 2 heteroatoms. The Balaban J connectivity index is 1.82. The van der Waals surface area contributed by atoms with Gasteiger partial charge in [0.25, 0.3) is 0 Å². The van der Waals surface area contributed by atoms with Gasteiger partial charge in [-0.25, -0.2) is 0 Å². The van der Waals surface area contributed by atoms with E-state index in [1.807, 2.05) is 0 Å². The molecule has 92 valence electrons. The van der Waals surface area contributed by atoms with Gasteiger partial charge in [-0.2, -0.15) is 0 Å². The Labute approximate surface area is 99.4 Å². The number of hydrogen-bond acceptors (Lipinski definition) is 2. The minimum Gasteiger partial charge on any atom is -0.303 e. The lowest BCUT2D eigenvalue weighted by molar-refractivity contribution is -0.121. The number of carbonyl (C=O) groups is 1. The summed E-state index contributed by atoms with van der Waals surface area (Å²) >= 11 is 0. The predicted octanol–water partition coefficient (Wildman–Crippen LogP) is 2.87. The molecule has 0 spiro atoms. The lowest BCUT2D eigenvalue weighted by atomic mass is 9.86. The molecule has 0 amide bonds. The van der Waals surface area contributed by atoms with E-state index in [1.165, 1.54) is 25.7 Å². The first kappa shape index (κ1) is 12.1. The second kappa shape index (κ2) is 5.31. The molecule has 0 N–H and O–H groups in total. The van der Waals surface area contributed by atoms with E-state index >= 15 is 0 Å². The van der Waals surface area contributed by atoms with Crippen LogP contribution < -0.4 is 0 Å². The summed E-state index contributed by atoms with van der Waals surface area (Å²) in [4.78, 5) is 14.1. The third-order valence-electron chi connectivity index (χ3n) is 4.47. The van der Waals surface area contributed by atoms with Crippen molar-refractivity contribution in [3.63, 3.8) is 0 Å². The second-order valence-corrected chi connectivity index (χ2v) is 5.92.